The van der Waals surface area contributed by atoms with Gasteiger partial charge in [0.15, 0.2) is 0 Å². The lowest BCUT2D eigenvalue weighted by atomic mass is 10.3. The summed E-state index contributed by atoms with van der Waals surface area (Å²) < 4.78 is 6.70. The molecule has 0 fully saturated rings. The van der Waals surface area contributed by atoms with E-state index in [1.807, 2.05) is 11.6 Å². The standard InChI is InChI=1S/C11H22N4O2/c1-4-5-15-11(10(12)8(2)14-15)13-6-9(16)7-17-3/h9,13,16H,4-7,12H2,1-3H3. The van der Waals surface area contributed by atoms with Gasteiger partial charge in [-0.1, -0.05) is 6.92 Å². The van der Waals surface area contributed by atoms with Gasteiger partial charge in [0.2, 0.25) is 0 Å². The fourth-order valence-corrected chi connectivity index (χ4v) is 1.62. The van der Waals surface area contributed by atoms with Crippen LogP contribution in [-0.2, 0) is 11.3 Å². The van der Waals surface area contributed by atoms with Crippen molar-refractivity contribution in [3.63, 3.8) is 0 Å². The summed E-state index contributed by atoms with van der Waals surface area (Å²) in [6.45, 7) is 5.45. The minimum absolute atomic E-state index is 0.299. The molecule has 0 amide bonds. The highest BCUT2D eigenvalue weighted by Crippen LogP contribution is 2.22. The fourth-order valence-electron chi connectivity index (χ4n) is 1.62. The second-order valence-corrected chi connectivity index (χ2v) is 4.06. The Labute approximate surface area is 102 Å². The van der Waals surface area contributed by atoms with Crippen molar-refractivity contribution in [3.05, 3.63) is 5.69 Å². The molecule has 1 rings (SSSR count). The number of aliphatic hydroxyl groups is 1. The van der Waals surface area contributed by atoms with E-state index in [1.54, 1.807) is 7.11 Å². The molecule has 1 aromatic heterocycles. The van der Waals surface area contributed by atoms with E-state index in [4.69, 9.17) is 10.5 Å². The molecule has 0 saturated carbocycles. The zero-order valence-corrected chi connectivity index (χ0v) is 10.7. The molecule has 0 aliphatic heterocycles. The highest BCUT2D eigenvalue weighted by atomic mass is 16.5. The SMILES string of the molecule is CCCn1nc(C)c(N)c1NCC(O)COC. The van der Waals surface area contributed by atoms with E-state index in [-0.39, 0.29) is 0 Å². The summed E-state index contributed by atoms with van der Waals surface area (Å²) in [7, 11) is 1.56. The van der Waals surface area contributed by atoms with E-state index < -0.39 is 6.10 Å². The number of aryl methyl sites for hydroxylation is 2. The van der Waals surface area contributed by atoms with Crippen molar-refractivity contribution in [1.82, 2.24) is 9.78 Å². The maximum atomic E-state index is 9.57. The predicted octanol–water partition coefficient (Wildman–Crippen LogP) is 0.603. The van der Waals surface area contributed by atoms with Crippen LogP contribution in [0.3, 0.4) is 0 Å². The molecule has 98 valence electrons. The minimum atomic E-state index is -0.551. The maximum Gasteiger partial charge on any atom is 0.148 e. The lowest BCUT2D eigenvalue weighted by Crippen LogP contribution is -2.25. The fraction of sp³-hybridized carbons (Fsp3) is 0.727. The topological polar surface area (TPSA) is 85.3 Å². The number of hydrogen-bond acceptors (Lipinski definition) is 5. The number of anilines is 2. The first-order valence-corrected chi connectivity index (χ1v) is 5.83. The molecule has 0 spiro atoms. The largest absolute Gasteiger partial charge is 0.394 e. The molecule has 1 unspecified atom stereocenters. The maximum absolute atomic E-state index is 9.57. The summed E-state index contributed by atoms with van der Waals surface area (Å²) in [5.41, 5.74) is 7.38. The Morgan fingerprint density at radius 2 is 2.29 bits per heavy atom. The molecule has 1 heterocycles. The monoisotopic (exact) mass is 242 g/mol. The van der Waals surface area contributed by atoms with Crippen molar-refractivity contribution in [1.29, 1.82) is 0 Å². The number of nitrogens with two attached hydrogens (primary N) is 1. The molecule has 0 aliphatic carbocycles. The first-order chi connectivity index (χ1) is 8.10. The van der Waals surface area contributed by atoms with Crippen LogP contribution in [0.4, 0.5) is 11.5 Å². The third kappa shape index (κ3) is 3.61. The molecule has 6 heteroatoms. The molecule has 0 radical (unpaired) electrons. The smallest absolute Gasteiger partial charge is 0.148 e. The molecule has 6 nitrogen and oxygen atoms in total. The normalized spacial score (nSPS) is 12.7. The molecule has 0 saturated heterocycles. The molecule has 4 N–H and O–H groups in total. The summed E-state index contributed by atoms with van der Waals surface area (Å²) in [6.07, 6.45) is 0.431. The van der Waals surface area contributed by atoms with E-state index in [0.717, 1.165) is 24.5 Å². The number of nitrogens with one attached hydrogen (secondary N) is 1. The molecule has 0 bridgehead atoms. The van der Waals surface area contributed by atoms with Crippen molar-refractivity contribution >= 4 is 11.5 Å². The Morgan fingerprint density at radius 3 is 2.88 bits per heavy atom. The molecule has 1 atom stereocenters. The van der Waals surface area contributed by atoms with Crippen molar-refractivity contribution in [3.8, 4) is 0 Å². The summed E-state index contributed by atoms with van der Waals surface area (Å²) in [4.78, 5) is 0. The van der Waals surface area contributed by atoms with Crippen LogP contribution in [-0.4, -0.2) is 41.3 Å². The average molecular weight is 242 g/mol. The summed E-state index contributed by atoms with van der Waals surface area (Å²) in [5, 5.41) is 17.0. The van der Waals surface area contributed by atoms with E-state index in [9.17, 15) is 5.11 Å². The number of nitrogen functional groups attached to an aromatic ring is 1. The number of nitrogens with zero attached hydrogens (tertiary/aromatic N) is 2. The van der Waals surface area contributed by atoms with Gasteiger partial charge in [0.05, 0.1) is 24.1 Å². The minimum Gasteiger partial charge on any atom is -0.394 e. The highest BCUT2D eigenvalue weighted by Gasteiger charge is 2.13. The van der Waals surface area contributed by atoms with Crippen LogP contribution in [0.25, 0.3) is 0 Å². The van der Waals surface area contributed by atoms with Gasteiger partial charge in [0, 0.05) is 20.2 Å². The number of aliphatic hydroxyl groups excluding tert-OH is 1. The van der Waals surface area contributed by atoms with Gasteiger partial charge in [0.1, 0.15) is 5.82 Å². The predicted molar refractivity (Wildman–Crippen MR) is 68.0 cm³/mol. The molecular weight excluding hydrogens is 220 g/mol. The van der Waals surface area contributed by atoms with Gasteiger partial charge in [0.25, 0.3) is 0 Å². The van der Waals surface area contributed by atoms with Crippen LogP contribution in [0.15, 0.2) is 0 Å². The molecule has 17 heavy (non-hydrogen) atoms. The van der Waals surface area contributed by atoms with Crippen LogP contribution in [0.2, 0.25) is 0 Å². The van der Waals surface area contributed by atoms with E-state index in [2.05, 4.69) is 17.3 Å². The first-order valence-electron chi connectivity index (χ1n) is 5.83. The van der Waals surface area contributed by atoms with E-state index in [0.29, 0.717) is 18.8 Å². The third-order valence-electron chi connectivity index (χ3n) is 2.47. The highest BCUT2D eigenvalue weighted by molar-refractivity contribution is 5.64. The summed E-state index contributed by atoms with van der Waals surface area (Å²) in [5.74, 6) is 0.777. The van der Waals surface area contributed by atoms with Crippen molar-refractivity contribution in [2.45, 2.75) is 32.9 Å². The van der Waals surface area contributed by atoms with Gasteiger partial charge in [-0.3, -0.25) is 0 Å². The molecule has 1 aromatic rings. The van der Waals surface area contributed by atoms with Gasteiger partial charge >= 0.3 is 0 Å². The Balaban J connectivity index is 2.68. The van der Waals surface area contributed by atoms with Crippen molar-refractivity contribution in [2.75, 3.05) is 31.3 Å². The van der Waals surface area contributed by atoms with Crippen LogP contribution in [0.1, 0.15) is 19.0 Å². The molecule has 0 aromatic carbocycles. The Hall–Kier alpha value is -1.27. The first kappa shape index (κ1) is 13.8. The lowest BCUT2D eigenvalue weighted by Gasteiger charge is -2.13. The van der Waals surface area contributed by atoms with Gasteiger partial charge in [-0.05, 0) is 13.3 Å². The zero-order valence-electron chi connectivity index (χ0n) is 10.7. The van der Waals surface area contributed by atoms with Gasteiger partial charge in [-0.15, -0.1) is 0 Å². The number of ether oxygens (including phenoxy) is 1. The van der Waals surface area contributed by atoms with Crippen LogP contribution >= 0.6 is 0 Å². The molecular formula is C11H22N4O2. The second-order valence-electron chi connectivity index (χ2n) is 4.06. The van der Waals surface area contributed by atoms with Gasteiger partial charge in [-0.25, -0.2) is 4.68 Å². The number of rotatable bonds is 7. The van der Waals surface area contributed by atoms with Gasteiger partial charge in [-0.2, -0.15) is 5.10 Å². The summed E-state index contributed by atoms with van der Waals surface area (Å²) >= 11 is 0. The Morgan fingerprint density at radius 1 is 1.59 bits per heavy atom. The van der Waals surface area contributed by atoms with Crippen LogP contribution in [0.5, 0.6) is 0 Å². The average Bonchev–Trinajstić information content (AvgIpc) is 2.54. The number of aromatic nitrogens is 2. The van der Waals surface area contributed by atoms with Gasteiger partial charge < -0.3 is 20.9 Å². The number of hydrogen-bond donors (Lipinski definition) is 3. The Bertz CT molecular complexity index is 351. The number of methoxy groups -OCH3 is 1. The molecule has 0 aliphatic rings. The van der Waals surface area contributed by atoms with Crippen LogP contribution < -0.4 is 11.1 Å². The van der Waals surface area contributed by atoms with E-state index >= 15 is 0 Å². The van der Waals surface area contributed by atoms with Crippen molar-refractivity contribution in [2.24, 2.45) is 0 Å². The summed E-state index contributed by atoms with van der Waals surface area (Å²) in [6, 6.07) is 0. The Kier molecular flexibility index (Phi) is 5.24. The van der Waals surface area contributed by atoms with E-state index in [1.165, 1.54) is 0 Å². The quantitative estimate of drug-likeness (QED) is 0.652. The zero-order chi connectivity index (χ0) is 12.8. The van der Waals surface area contributed by atoms with Crippen molar-refractivity contribution < 1.29 is 9.84 Å². The van der Waals surface area contributed by atoms with Crippen LogP contribution in [0, 0.1) is 6.92 Å². The third-order valence-corrected chi connectivity index (χ3v) is 2.47. The second kappa shape index (κ2) is 6.46. The lowest BCUT2D eigenvalue weighted by molar-refractivity contribution is 0.0726.